The number of benzene rings is 1. The molecule has 2 atom stereocenters. The predicted molar refractivity (Wildman–Crippen MR) is 105 cm³/mol. The van der Waals surface area contributed by atoms with Gasteiger partial charge in [-0.05, 0) is 52.6 Å². The molecule has 8 nitrogen and oxygen atoms in total. The number of hydrogen-bond acceptors (Lipinski definition) is 6. The summed E-state index contributed by atoms with van der Waals surface area (Å²) in [6.45, 7) is 10.6. The standard InChI is InChI=1S/C19H29BN2O6/c1-18(2,3)27-16(23)21-14-13(11-7-9-12(10-8-11)20(25)26)15(14)22-17(24)28-19(4,5)6/h7-10,13-15,25-26H,1-6H3,(H,21,23)(H,22,24). The van der Waals surface area contributed by atoms with Crippen LogP contribution in [-0.2, 0) is 9.47 Å². The molecule has 154 valence electrons. The first-order valence-corrected chi connectivity index (χ1v) is 9.22. The van der Waals surface area contributed by atoms with Crippen molar-refractivity contribution in [1.29, 1.82) is 0 Å². The van der Waals surface area contributed by atoms with E-state index in [0.717, 1.165) is 5.56 Å². The Bertz CT molecular complexity index is 673. The van der Waals surface area contributed by atoms with E-state index in [9.17, 15) is 19.6 Å². The molecule has 2 unspecified atom stereocenters. The molecule has 28 heavy (non-hydrogen) atoms. The summed E-state index contributed by atoms with van der Waals surface area (Å²) >= 11 is 0. The fourth-order valence-electron chi connectivity index (χ4n) is 2.86. The van der Waals surface area contributed by atoms with E-state index in [2.05, 4.69) is 10.6 Å². The van der Waals surface area contributed by atoms with Crippen molar-refractivity contribution in [1.82, 2.24) is 10.6 Å². The molecule has 1 aliphatic carbocycles. The third-order valence-electron chi connectivity index (χ3n) is 4.01. The van der Waals surface area contributed by atoms with Crippen molar-refractivity contribution < 1.29 is 29.1 Å². The average molecular weight is 392 g/mol. The number of ether oxygens (including phenoxy) is 2. The van der Waals surface area contributed by atoms with E-state index in [1.54, 1.807) is 65.8 Å². The Morgan fingerprint density at radius 1 is 0.857 bits per heavy atom. The van der Waals surface area contributed by atoms with E-state index < -0.39 is 30.5 Å². The maximum absolute atomic E-state index is 12.1. The summed E-state index contributed by atoms with van der Waals surface area (Å²) in [6, 6.07) is 5.92. The van der Waals surface area contributed by atoms with Gasteiger partial charge < -0.3 is 30.2 Å². The molecular formula is C19H29BN2O6. The summed E-state index contributed by atoms with van der Waals surface area (Å²) in [5.41, 5.74) is -0.0765. The Kier molecular flexibility index (Phi) is 6.30. The normalized spacial score (nSPS) is 21.5. The van der Waals surface area contributed by atoms with Gasteiger partial charge in [0.25, 0.3) is 0 Å². The third kappa shape index (κ3) is 6.42. The molecule has 2 amide bonds. The number of hydrogen-bond donors (Lipinski definition) is 4. The molecule has 1 aliphatic rings. The van der Waals surface area contributed by atoms with E-state index in [1.165, 1.54) is 0 Å². The minimum Gasteiger partial charge on any atom is -0.444 e. The van der Waals surface area contributed by atoms with Crippen LogP contribution in [0.2, 0.25) is 0 Å². The highest BCUT2D eigenvalue weighted by Crippen LogP contribution is 2.41. The van der Waals surface area contributed by atoms with Gasteiger partial charge in [-0.15, -0.1) is 0 Å². The first-order valence-electron chi connectivity index (χ1n) is 9.22. The quantitative estimate of drug-likeness (QED) is 0.573. The van der Waals surface area contributed by atoms with Gasteiger partial charge in [0.1, 0.15) is 11.2 Å². The fraction of sp³-hybridized carbons (Fsp3) is 0.579. The number of rotatable bonds is 4. The summed E-state index contributed by atoms with van der Waals surface area (Å²) in [6.07, 6.45) is -1.14. The van der Waals surface area contributed by atoms with Crippen molar-refractivity contribution in [3.63, 3.8) is 0 Å². The lowest BCUT2D eigenvalue weighted by Gasteiger charge is -2.20. The van der Waals surface area contributed by atoms with Crippen LogP contribution in [0.4, 0.5) is 9.59 Å². The van der Waals surface area contributed by atoms with E-state index >= 15 is 0 Å². The zero-order valence-corrected chi connectivity index (χ0v) is 17.1. The van der Waals surface area contributed by atoms with Crippen LogP contribution in [0.1, 0.15) is 53.0 Å². The van der Waals surface area contributed by atoms with Crippen molar-refractivity contribution in [3.8, 4) is 0 Å². The molecule has 0 spiro atoms. The minimum absolute atomic E-state index is 0.190. The highest BCUT2D eigenvalue weighted by Gasteiger charge is 2.54. The molecule has 4 N–H and O–H groups in total. The van der Waals surface area contributed by atoms with E-state index in [4.69, 9.17) is 9.47 Å². The van der Waals surface area contributed by atoms with Gasteiger partial charge in [-0.25, -0.2) is 9.59 Å². The lowest BCUT2D eigenvalue weighted by molar-refractivity contribution is 0.0488. The molecule has 0 aliphatic heterocycles. The van der Waals surface area contributed by atoms with Gasteiger partial charge in [0.2, 0.25) is 0 Å². The molecule has 1 saturated carbocycles. The van der Waals surface area contributed by atoms with Crippen molar-refractivity contribution >= 4 is 24.8 Å². The number of nitrogens with one attached hydrogen (secondary N) is 2. The van der Waals surface area contributed by atoms with Gasteiger partial charge in [-0.3, -0.25) is 0 Å². The number of alkyl carbamates (subject to hydrolysis) is 2. The molecule has 2 rings (SSSR count). The highest BCUT2D eigenvalue weighted by atomic mass is 16.6. The van der Waals surface area contributed by atoms with E-state index in [1.807, 2.05) is 0 Å². The number of carbonyl (C=O) groups is 2. The number of amides is 2. The van der Waals surface area contributed by atoms with Crippen LogP contribution in [0.15, 0.2) is 24.3 Å². The molecule has 0 radical (unpaired) electrons. The first-order chi connectivity index (χ1) is 12.8. The summed E-state index contributed by atoms with van der Waals surface area (Å²) in [5.74, 6) is -0.190. The Labute approximate surface area is 165 Å². The number of carbonyl (C=O) groups excluding carboxylic acids is 2. The molecular weight excluding hydrogens is 363 g/mol. The summed E-state index contributed by atoms with van der Waals surface area (Å²) in [4.78, 5) is 24.3. The van der Waals surface area contributed by atoms with Gasteiger partial charge in [0.05, 0.1) is 12.1 Å². The average Bonchev–Trinajstić information content (AvgIpc) is 3.14. The van der Waals surface area contributed by atoms with Crippen molar-refractivity contribution in [3.05, 3.63) is 29.8 Å². The van der Waals surface area contributed by atoms with Gasteiger partial charge >= 0.3 is 19.3 Å². The smallest absolute Gasteiger partial charge is 0.444 e. The second-order valence-corrected chi connectivity index (χ2v) is 8.91. The minimum atomic E-state index is -1.56. The molecule has 1 fully saturated rings. The molecule has 0 bridgehead atoms. The zero-order chi connectivity index (χ0) is 21.3. The predicted octanol–water partition coefficient (Wildman–Crippen LogP) is 1.25. The molecule has 0 saturated heterocycles. The van der Waals surface area contributed by atoms with Crippen LogP contribution in [-0.4, -0.2) is 52.6 Å². The second-order valence-electron chi connectivity index (χ2n) is 8.91. The topological polar surface area (TPSA) is 117 Å². The zero-order valence-electron chi connectivity index (χ0n) is 17.1. The van der Waals surface area contributed by atoms with Gasteiger partial charge in [-0.2, -0.15) is 0 Å². The summed E-state index contributed by atoms with van der Waals surface area (Å²) < 4.78 is 10.6. The third-order valence-corrected chi connectivity index (χ3v) is 4.01. The molecule has 9 heteroatoms. The van der Waals surface area contributed by atoms with Crippen molar-refractivity contribution in [2.45, 2.75) is 70.7 Å². The summed E-state index contributed by atoms with van der Waals surface area (Å²) in [7, 11) is -1.56. The maximum atomic E-state index is 12.1. The van der Waals surface area contributed by atoms with Crippen LogP contribution in [0.5, 0.6) is 0 Å². The second kappa shape index (κ2) is 8.01. The van der Waals surface area contributed by atoms with Crippen LogP contribution in [0.3, 0.4) is 0 Å². The lowest BCUT2D eigenvalue weighted by Crippen LogP contribution is -2.39. The highest BCUT2D eigenvalue weighted by molar-refractivity contribution is 6.58. The summed E-state index contributed by atoms with van der Waals surface area (Å²) in [5, 5.41) is 24.0. The van der Waals surface area contributed by atoms with Crippen LogP contribution in [0, 0.1) is 0 Å². The SMILES string of the molecule is CC(C)(C)OC(=O)NC1C(NC(=O)OC(C)(C)C)C1c1ccc(B(O)O)cc1. The maximum Gasteiger partial charge on any atom is 0.488 e. The largest absolute Gasteiger partial charge is 0.488 e. The van der Waals surface area contributed by atoms with Gasteiger partial charge in [0.15, 0.2) is 0 Å². The Morgan fingerprint density at radius 3 is 1.57 bits per heavy atom. The van der Waals surface area contributed by atoms with Crippen molar-refractivity contribution in [2.24, 2.45) is 0 Å². The van der Waals surface area contributed by atoms with Crippen molar-refractivity contribution in [2.75, 3.05) is 0 Å². The Morgan fingerprint density at radius 2 is 1.25 bits per heavy atom. The molecule has 0 aromatic heterocycles. The van der Waals surface area contributed by atoms with E-state index in [0.29, 0.717) is 5.46 Å². The van der Waals surface area contributed by atoms with Crippen LogP contribution in [0.25, 0.3) is 0 Å². The van der Waals surface area contributed by atoms with Gasteiger partial charge in [0, 0.05) is 5.92 Å². The first kappa shape index (κ1) is 22.0. The molecule has 1 aromatic rings. The molecule has 1 aromatic carbocycles. The molecule has 0 heterocycles. The van der Waals surface area contributed by atoms with Gasteiger partial charge in [-0.1, -0.05) is 24.3 Å². The Balaban J connectivity index is 2.11. The lowest BCUT2D eigenvalue weighted by atomic mass is 9.80. The van der Waals surface area contributed by atoms with Crippen LogP contribution < -0.4 is 16.1 Å². The fourth-order valence-corrected chi connectivity index (χ4v) is 2.86. The van der Waals surface area contributed by atoms with E-state index in [-0.39, 0.29) is 18.0 Å². The Hall–Kier alpha value is -2.26. The monoisotopic (exact) mass is 392 g/mol. The van der Waals surface area contributed by atoms with Crippen LogP contribution >= 0.6 is 0 Å².